The van der Waals surface area contributed by atoms with Gasteiger partial charge in [-0.3, -0.25) is 0 Å². The molecule has 0 bridgehead atoms. The number of nitrogens with two attached hydrogens (primary N) is 1. The van der Waals surface area contributed by atoms with Crippen LogP contribution in [-0.4, -0.2) is 17.2 Å². The van der Waals surface area contributed by atoms with Gasteiger partial charge in [0.25, 0.3) is 0 Å². The molecule has 0 amide bonds. The highest BCUT2D eigenvalue weighted by Crippen LogP contribution is 2.33. The second kappa shape index (κ2) is 6.36. The summed E-state index contributed by atoms with van der Waals surface area (Å²) >= 11 is 5.00. The van der Waals surface area contributed by atoms with Crippen molar-refractivity contribution in [3.8, 4) is 17.2 Å². The van der Waals surface area contributed by atoms with Gasteiger partial charge in [0.05, 0.1) is 19.3 Å². The van der Waals surface area contributed by atoms with Gasteiger partial charge in [0.1, 0.15) is 10.7 Å². The van der Waals surface area contributed by atoms with E-state index in [0.29, 0.717) is 22.8 Å². The molecule has 2 rings (SSSR count). The largest absolute Gasteiger partial charge is 0.493 e. The molecule has 0 aliphatic carbocycles. The number of aliphatic hydroxyl groups is 1. The third kappa shape index (κ3) is 3.07. The predicted octanol–water partition coefficient (Wildman–Crippen LogP) is 2.61. The summed E-state index contributed by atoms with van der Waals surface area (Å²) in [4.78, 5) is 0.270. The van der Waals surface area contributed by atoms with Crippen molar-refractivity contribution in [3.63, 3.8) is 0 Å². The second-order valence-electron chi connectivity index (χ2n) is 4.11. The topological polar surface area (TPSA) is 64.7 Å². The molecule has 0 unspecified atom stereocenters. The van der Waals surface area contributed by atoms with E-state index >= 15 is 0 Å². The van der Waals surface area contributed by atoms with Crippen LogP contribution in [0.4, 0.5) is 0 Å². The lowest BCUT2D eigenvalue weighted by atomic mass is 10.2. The molecule has 0 aromatic heterocycles. The van der Waals surface area contributed by atoms with E-state index in [9.17, 15) is 0 Å². The summed E-state index contributed by atoms with van der Waals surface area (Å²) in [6.45, 7) is -0.0554. The standard InChI is InChI=1S/C15H15NO3S/c1-18-14-8-10(9-17)6-7-13(14)19-12-5-3-2-4-11(12)15(16)20/h2-8,17H,9H2,1H3,(H2,16,20). The summed E-state index contributed by atoms with van der Waals surface area (Å²) < 4.78 is 11.1. The average molecular weight is 289 g/mol. The van der Waals surface area contributed by atoms with E-state index in [4.69, 9.17) is 32.5 Å². The minimum atomic E-state index is -0.0554. The first kappa shape index (κ1) is 14.3. The van der Waals surface area contributed by atoms with Gasteiger partial charge < -0.3 is 20.3 Å². The first-order chi connectivity index (χ1) is 9.65. The molecule has 20 heavy (non-hydrogen) atoms. The molecule has 0 atom stereocenters. The van der Waals surface area contributed by atoms with Gasteiger partial charge in [-0.1, -0.05) is 30.4 Å². The van der Waals surface area contributed by atoms with E-state index in [2.05, 4.69) is 0 Å². The Morgan fingerprint density at radius 1 is 1.15 bits per heavy atom. The average Bonchev–Trinajstić information content (AvgIpc) is 2.48. The molecule has 0 radical (unpaired) electrons. The SMILES string of the molecule is COc1cc(CO)ccc1Oc1ccccc1C(N)=S. The fraction of sp³-hybridized carbons (Fsp3) is 0.133. The van der Waals surface area contributed by atoms with Crippen LogP contribution in [0.25, 0.3) is 0 Å². The van der Waals surface area contributed by atoms with E-state index in [1.807, 2.05) is 12.1 Å². The van der Waals surface area contributed by atoms with Crippen molar-refractivity contribution >= 4 is 17.2 Å². The molecule has 104 valence electrons. The molecule has 3 N–H and O–H groups in total. The molecule has 5 heteroatoms. The lowest BCUT2D eigenvalue weighted by molar-refractivity contribution is 0.280. The molecule has 0 aliphatic rings. The van der Waals surface area contributed by atoms with Crippen molar-refractivity contribution in [2.24, 2.45) is 5.73 Å². The van der Waals surface area contributed by atoms with Crippen molar-refractivity contribution < 1.29 is 14.6 Å². The van der Waals surface area contributed by atoms with Crippen LogP contribution in [-0.2, 0) is 6.61 Å². The highest BCUT2D eigenvalue weighted by Gasteiger charge is 2.10. The zero-order valence-electron chi connectivity index (χ0n) is 11.0. The van der Waals surface area contributed by atoms with Gasteiger partial charge in [0.15, 0.2) is 11.5 Å². The van der Waals surface area contributed by atoms with Gasteiger partial charge in [-0.15, -0.1) is 0 Å². The van der Waals surface area contributed by atoms with E-state index < -0.39 is 0 Å². The summed E-state index contributed by atoms with van der Waals surface area (Å²) in [6, 6.07) is 12.5. The summed E-state index contributed by atoms with van der Waals surface area (Å²) in [5.41, 5.74) is 7.08. The number of methoxy groups -OCH3 is 1. The summed E-state index contributed by atoms with van der Waals surface area (Å²) in [7, 11) is 1.54. The van der Waals surface area contributed by atoms with E-state index in [0.717, 1.165) is 5.56 Å². The van der Waals surface area contributed by atoms with E-state index in [1.54, 1.807) is 37.4 Å². The molecule has 0 fully saturated rings. The molecule has 0 heterocycles. The van der Waals surface area contributed by atoms with Crippen LogP contribution in [0.15, 0.2) is 42.5 Å². The van der Waals surface area contributed by atoms with Crippen molar-refractivity contribution in [2.45, 2.75) is 6.61 Å². The fourth-order valence-corrected chi connectivity index (χ4v) is 1.94. The van der Waals surface area contributed by atoms with E-state index in [-0.39, 0.29) is 11.6 Å². The quantitative estimate of drug-likeness (QED) is 0.828. The third-order valence-electron chi connectivity index (χ3n) is 2.78. The Labute approximate surface area is 122 Å². The maximum Gasteiger partial charge on any atom is 0.169 e. The summed E-state index contributed by atoms with van der Waals surface area (Å²) in [6.07, 6.45) is 0. The Hall–Kier alpha value is -2.11. The molecule has 0 saturated carbocycles. The number of aliphatic hydroxyl groups excluding tert-OH is 1. The minimum absolute atomic E-state index is 0.0554. The molecule has 2 aromatic rings. The third-order valence-corrected chi connectivity index (χ3v) is 3.00. The number of hydrogen-bond donors (Lipinski definition) is 2. The molecule has 0 aliphatic heterocycles. The Balaban J connectivity index is 2.37. The van der Waals surface area contributed by atoms with Gasteiger partial charge in [0.2, 0.25) is 0 Å². The van der Waals surface area contributed by atoms with Crippen LogP contribution < -0.4 is 15.2 Å². The van der Waals surface area contributed by atoms with Crippen LogP contribution in [0.5, 0.6) is 17.2 Å². The maximum atomic E-state index is 9.13. The zero-order valence-corrected chi connectivity index (χ0v) is 11.8. The number of benzene rings is 2. The summed E-state index contributed by atoms with van der Waals surface area (Å²) in [5.74, 6) is 1.64. The molecule has 4 nitrogen and oxygen atoms in total. The van der Waals surface area contributed by atoms with Crippen LogP contribution in [0.3, 0.4) is 0 Å². The van der Waals surface area contributed by atoms with Gasteiger partial charge in [0, 0.05) is 0 Å². The van der Waals surface area contributed by atoms with Crippen molar-refractivity contribution in [1.82, 2.24) is 0 Å². The fourth-order valence-electron chi connectivity index (χ4n) is 1.77. The van der Waals surface area contributed by atoms with Gasteiger partial charge >= 0.3 is 0 Å². The highest BCUT2D eigenvalue weighted by molar-refractivity contribution is 7.80. The van der Waals surface area contributed by atoms with Crippen LogP contribution in [0, 0.1) is 0 Å². The lowest BCUT2D eigenvalue weighted by Crippen LogP contribution is -2.10. The van der Waals surface area contributed by atoms with E-state index in [1.165, 1.54) is 0 Å². The van der Waals surface area contributed by atoms with Crippen molar-refractivity contribution in [1.29, 1.82) is 0 Å². The molecular weight excluding hydrogens is 274 g/mol. The molecule has 0 saturated heterocycles. The Morgan fingerprint density at radius 2 is 1.90 bits per heavy atom. The first-order valence-corrected chi connectivity index (χ1v) is 6.41. The number of para-hydroxylation sites is 1. The normalized spacial score (nSPS) is 10.1. The van der Waals surface area contributed by atoms with Crippen molar-refractivity contribution in [3.05, 3.63) is 53.6 Å². The Bertz CT molecular complexity index is 628. The molecular formula is C15H15NO3S. The number of rotatable bonds is 5. The van der Waals surface area contributed by atoms with Gasteiger partial charge in [-0.2, -0.15) is 0 Å². The smallest absolute Gasteiger partial charge is 0.169 e. The zero-order chi connectivity index (χ0) is 14.5. The Morgan fingerprint density at radius 3 is 2.55 bits per heavy atom. The highest BCUT2D eigenvalue weighted by atomic mass is 32.1. The van der Waals surface area contributed by atoms with Gasteiger partial charge in [-0.25, -0.2) is 0 Å². The van der Waals surface area contributed by atoms with Crippen molar-refractivity contribution in [2.75, 3.05) is 7.11 Å². The number of thiocarbonyl (C=S) groups is 1. The lowest BCUT2D eigenvalue weighted by Gasteiger charge is -2.13. The molecule has 0 spiro atoms. The van der Waals surface area contributed by atoms with Crippen LogP contribution >= 0.6 is 12.2 Å². The predicted molar refractivity (Wildman–Crippen MR) is 81.3 cm³/mol. The maximum absolute atomic E-state index is 9.13. The molecule has 2 aromatic carbocycles. The second-order valence-corrected chi connectivity index (χ2v) is 4.55. The number of ether oxygens (including phenoxy) is 2. The van der Waals surface area contributed by atoms with Gasteiger partial charge in [-0.05, 0) is 29.8 Å². The minimum Gasteiger partial charge on any atom is -0.493 e. The van der Waals surface area contributed by atoms with Crippen LogP contribution in [0.1, 0.15) is 11.1 Å². The monoisotopic (exact) mass is 289 g/mol. The first-order valence-electron chi connectivity index (χ1n) is 6.00. The number of hydrogen-bond acceptors (Lipinski definition) is 4. The Kier molecular flexibility index (Phi) is 4.55. The van der Waals surface area contributed by atoms with Crippen LogP contribution in [0.2, 0.25) is 0 Å². The summed E-state index contributed by atoms with van der Waals surface area (Å²) in [5, 5.41) is 9.13.